The Morgan fingerprint density at radius 2 is 2.23 bits per heavy atom. The minimum Gasteiger partial charge on any atom is -0.324 e. The van der Waals surface area contributed by atoms with Gasteiger partial charge in [-0.05, 0) is 36.1 Å². The molecular weight excluding hydrogens is 184 g/mol. The van der Waals surface area contributed by atoms with E-state index < -0.39 is 0 Å². The Bertz CT molecular complexity index is 354. The molecule has 0 fully saturated rings. The van der Waals surface area contributed by atoms with Gasteiger partial charge in [0.15, 0.2) is 0 Å². The lowest BCUT2D eigenvalue weighted by Gasteiger charge is -2.03. The lowest BCUT2D eigenvalue weighted by molar-refractivity contribution is 0.713. The van der Waals surface area contributed by atoms with Gasteiger partial charge >= 0.3 is 0 Å². The van der Waals surface area contributed by atoms with Crippen LogP contribution in [0, 0.1) is 11.3 Å². The van der Waals surface area contributed by atoms with E-state index in [9.17, 15) is 0 Å². The summed E-state index contributed by atoms with van der Waals surface area (Å²) in [5.74, 6) is 0. The van der Waals surface area contributed by atoms with E-state index in [4.69, 9.17) is 11.0 Å². The number of nitriles is 1. The minimum atomic E-state index is 0. The molecule has 1 aromatic rings. The molecule has 0 bridgehead atoms. The lowest BCUT2D eigenvalue weighted by Crippen LogP contribution is -2.05. The van der Waals surface area contributed by atoms with Crippen LogP contribution in [0.15, 0.2) is 18.2 Å². The van der Waals surface area contributed by atoms with Gasteiger partial charge in [0.05, 0.1) is 11.6 Å². The van der Waals surface area contributed by atoms with Crippen molar-refractivity contribution >= 4 is 12.4 Å². The Kier molecular flexibility index (Phi) is 2.92. The van der Waals surface area contributed by atoms with Crippen molar-refractivity contribution in [3.05, 3.63) is 34.9 Å². The van der Waals surface area contributed by atoms with E-state index in [0.717, 1.165) is 18.4 Å². The number of rotatable bonds is 0. The summed E-state index contributed by atoms with van der Waals surface area (Å²) in [5, 5.41) is 8.66. The fraction of sp³-hybridized carbons (Fsp3) is 0.300. The summed E-state index contributed by atoms with van der Waals surface area (Å²) in [5.41, 5.74) is 9.04. The molecule has 2 N–H and O–H groups in total. The molecule has 0 heterocycles. The zero-order chi connectivity index (χ0) is 8.55. The first-order valence-electron chi connectivity index (χ1n) is 4.10. The number of hydrogen-bond acceptors (Lipinski definition) is 2. The molecule has 0 aliphatic heterocycles. The van der Waals surface area contributed by atoms with E-state index >= 15 is 0 Å². The van der Waals surface area contributed by atoms with Gasteiger partial charge in [0, 0.05) is 6.04 Å². The van der Waals surface area contributed by atoms with Crippen LogP contribution >= 0.6 is 12.4 Å². The molecule has 1 aliphatic rings. The number of halogens is 1. The molecule has 3 heteroatoms. The first-order chi connectivity index (χ1) is 5.81. The van der Waals surface area contributed by atoms with Gasteiger partial charge < -0.3 is 5.73 Å². The standard InChI is InChI=1S/C10H10N2.ClH/c11-6-7-1-2-8-3-4-10(12)9(8)5-7;/h1-2,5,10H,3-4,12H2;1H/t10-;/m1./s1. The maximum atomic E-state index is 8.66. The Hall–Kier alpha value is -1.04. The zero-order valence-electron chi connectivity index (χ0n) is 7.16. The van der Waals surface area contributed by atoms with Crippen LogP contribution in [0.2, 0.25) is 0 Å². The fourth-order valence-corrected chi connectivity index (χ4v) is 1.70. The summed E-state index contributed by atoms with van der Waals surface area (Å²) < 4.78 is 0. The third kappa shape index (κ3) is 1.67. The molecule has 0 spiro atoms. The van der Waals surface area contributed by atoms with Gasteiger partial charge in [0.1, 0.15) is 0 Å². The van der Waals surface area contributed by atoms with Gasteiger partial charge in [-0.15, -0.1) is 12.4 Å². The van der Waals surface area contributed by atoms with E-state index in [2.05, 4.69) is 6.07 Å². The lowest BCUT2D eigenvalue weighted by atomic mass is 10.1. The van der Waals surface area contributed by atoms with Crippen molar-refractivity contribution in [1.29, 1.82) is 5.26 Å². The largest absolute Gasteiger partial charge is 0.324 e. The summed E-state index contributed by atoms with van der Waals surface area (Å²) in [7, 11) is 0. The normalized spacial score (nSPS) is 18.6. The second kappa shape index (κ2) is 3.78. The summed E-state index contributed by atoms with van der Waals surface area (Å²) in [6.45, 7) is 0. The quantitative estimate of drug-likeness (QED) is 0.686. The molecule has 0 saturated carbocycles. The minimum absolute atomic E-state index is 0. The molecule has 1 aromatic carbocycles. The summed E-state index contributed by atoms with van der Waals surface area (Å²) in [6.07, 6.45) is 2.08. The van der Waals surface area contributed by atoms with Gasteiger partial charge in [-0.25, -0.2) is 0 Å². The Balaban J connectivity index is 0.000000845. The average molecular weight is 195 g/mol. The molecule has 1 atom stereocenters. The first kappa shape index (κ1) is 10.0. The predicted molar refractivity (Wildman–Crippen MR) is 53.7 cm³/mol. The molecule has 0 unspecified atom stereocenters. The topological polar surface area (TPSA) is 49.8 Å². The molecular formula is C10H11ClN2. The Morgan fingerprint density at radius 1 is 1.46 bits per heavy atom. The Labute approximate surface area is 83.8 Å². The highest BCUT2D eigenvalue weighted by Crippen LogP contribution is 2.29. The van der Waals surface area contributed by atoms with Gasteiger partial charge in [0.25, 0.3) is 0 Å². The number of benzene rings is 1. The molecule has 13 heavy (non-hydrogen) atoms. The van der Waals surface area contributed by atoms with Crippen LogP contribution in [-0.2, 0) is 6.42 Å². The van der Waals surface area contributed by atoms with Crippen molar-refractivity contribution in [3.8, 4) is 6.07 Å². The van der Waals surface area contributed by atoms with Crippen LogP contribution in [0.4, 0.5) is 0 Å². The molecule has 1 aliphatic carbocycles. The summed E-state index contributed by atoms with van der Waals surface area (Å²) >= 11 is 0. The molecule has 0 aromatic heterocycles. The van der Waals surface area contributed by atoms with Crippen molar-refractivity contribution in [3.63, 3.8) is 0 Å². The monoisotopic (exact) mass is 194 g/mol. The van der Waals surface area contributed by atoms with Crippen LogP contribution in [0.5, 0.6) is 0 Å². The fourth-order valence-electron chi connectivity index (χ4n) is 1.70. The number of nitrogens with two attached hydrogens (primary N) is 1. The van der Waals surface area contributed by atoms with E-state index in [1.165, 1.54) is 5.56 Å². The summed E-state index contributed by atoms with van der Waals surface area (Å²) in [6, 6.07) is 8.05. The second-order valence-corrected chi connectivity index (χ2v) is 3.17. The number of aryl methyl sites for hydroxylation is 1. The predicted octanol–water partition coefficient (Wildman–Crippen LogP) is 1.93. The van der Waals surface area contributed by atoms with Gasteiger partial charge in [-0.2, -0.15) is 5.26 Å². The Morgan fingerprint density at radius 3 is 2.92 bits per heavy atom. The van der Waals surface area contributed by atoms with Crippen LogP contribution < -0.4 is 5.73 Å². The second-order valence-electron chi connectivity index (χ2n) is 3.17. The number of nitrogens with zero attached hydrogens (tertiary/aromatic N) is 1. The maximum absolute atomic E-state index is 8.66. The number of hydrogen-bond donors (Lipinski definition) is 1. The van der Waals surface area contributed by atoms with Crippen LogP contribution in [-0.4, -0.2) is 0 Å². The first-order valence-corrected chi connectivity index (χ1v) is 4.10. The smallest absolute Gasteiger partial charge is 0.0991 e. The van der Waals surface area contributed by atoms with Crippen LogP contribution in [0.25, 0.3) is 0 Å². The highest BCUT2D eigenvalue weighted by molar-refractivity contribution is 5.85. The third-order valence-corrected chi connectivity index (χ3v) is 2.40. The molecule has 68 valence electrons. The maximum Gasteiger partial charge on any atom is 0.0991 e. The van der Waals surface area contributed by atoms with Crippen molar-refractivity contribution in [1.82, 2.24) is 0 Å². The van der Waals surface area contributed by atoms with Crippen molar-refractivity contribution in [2.75, 3.05) is 0 Å². The van der Waals surface area contributed by atoms with Crippen molar-refractivity contribution in [2.45, 2.75) is 18.9 Å². The summed E-state index contributed by atoms with van der Waals surface area (Å²) in [4.78, 5) is 0. The van der Waals surface area contributed by atoms with Crippen LogP contribution in [0.1, 0.15) is 29.2 Å². The van der Waals surface area contributed by atoms with Gasteiger partial charge in [-0.1, -0.05) is 6.07 Å². The number of fused-ring (bicyclic) bond motifs is 1. The highest BCUT2D eigenvalue weighted by Gasteiger charge is 2.18. The van der Waals surface area contributed by atoms with Crippen molar-refractivity contribution in [2.24, 2.45) is 5.73 Å². The third-order valence-electron chi connectivity index (χ3n) is 2.40. The van der Waals surface area contributed by atoms with Gasteiger partial charge in [-0.3, -0.25) is 0 Å². The molecule has 0 saturated heterocycles. The van der Waals surface area contributed by atoms with Crippen LogP contribution in [0.3, 0.4) is 0 Å². The van der Waals surface area contributed by atoms with E-state index in [0.29, 0.717) is 5.56 Å². The molecule has 2 rings (SSSR count). The van der Waals surface area contributed by atoms with E-state index in [1.807, 2.05) is 18.2 Å². The average Bonchev–Trinajstić information content (AvgIpc) is 2.47. The van der Waals surface area contributed by atoms with E-state index in [1.54, 1.807) is 0 Å². The SMILES string of the molecule is Cl.N#Cc1ccc2c(c1)[C@H](N)CC2. The van der Waals surface area contributed by atoms with Crippen molar-refractivity contribution < 1.29 is 0 Å². The molecule has 0 amide bonds. The van der Waals surface area contributed by atoms with Gasteiger partial charge in [0.2, 0.25) is 0 Å². The highest BCUT2D eigenvalue weighted by atomic mass is 35.5. The molecule has 2 nitrogen and oxygen atoms in total. The zero-order valence-corrected chi connectivity index (χ0v) is 7.97. The van der Waals surface area contributed by atoms with E-state index in [-0.39, 0.29) is 18.4 Å². The molecule has 0 radical (unpaired) electrons.